The van der Waals surface area contributed by atoms with Gasteiger partial charge in [0.15, 0.2) is 8.32 Å². The van der Waals surface area contributed by atoms with E-state index in [2.05, 4.69) is 33.9 Å². The molecule has 0 radical (unpaired) electrons. The molecular formula is C26H28ClFN2O2Si. The number of rotatable bonds is 6. The third-order valence-electron chi connectivity index (χ3n) is 6.35. The molecule has 3 aromatic rings. The molecule has 0 amide bonds. The second-order valence-corrected chi connectivity index (χ2v) is 14.9. The van der Waals surface area contributed by atoms with Crippen molar-refractivity contribution < 1.29 is 8.82 Å². The predicted octanol–water partition coefficient (Wildman–Crippen LogP) is 6.79. The number of aromatic nitrogens is 1. The fraction of sp³-hybridized carbons (Fsp3) is 0.308. The molecule has 1 atom stereocenters. The summed E-state index contributed by atoms with van der Waals surface area (Å²) in [5.41, 5.74) is 1.82. The van der Waals surface area contributed by atoms with Crippen molar-refractivity contribution in [1.82, 2.24) is 4.57 Å². The maximum Gasteiger partial charge on any atom is 0.251 e. The van der Waals surface area contributed by atoms with E-state index in [-0.39, 0.29) is 22.2 Å². The number of hydrogen-bond donors (Lipinski definition) is 0. The number of hydrogen-bond acceptors (Lipinski definition) is 3. The molecule has 1 heterocycles. The van der Waals surface area contributed by atoms with Crippen LogP contribution < -0.4 is 5.56 Å². The van der Waals surface area contributed by atoms with E-state index in [4.69, 9.17) is 21.3 Å². The van der Waals surface area contributed by atoms with Gasteiger partial charge in [-0.05, 0) is 65.2 Å². The number of nitrogens with zero attached hydrogens (tertiary/aromatic N) is 2. The van der Waals surface area contributed by atoms with Gasteiger partial charge in [0.05, 0.1) is 18.2 Å². The zero-order valence-electron chi connectivity index (χ0n) is 19.5. The highest BCUT2D eigenvalue weighted by atomic mass is 35.5. The molecule has 4 nitrogen and oxygen atoms in total. The molecule has 0 saturated carbocycles. The number of nitriles is 1. The minimum absolute atomic E-state index is 0.0295. The van der Waals surface area contributed by atoms with Crippen molar-refractivity contribution >= 4 is 19.9 Å². The quantitative estimate of drug-likeness (QED) is 0.363. The van der Waals surface area contributed by atoms with E-state index in [1.807, 2.05) is 24.3 Å². The Kier molecular flexibility index (Phi) is 7.28. The molecule has 0 aliphatic carbocycles. The van der Waals surface area contributed by atoms with Crippen molar-refractivity contribution in [2.45, 2.75) is 44.9 Å². The first kappa shape index (κ1) is 24.9. The van der Waals surface area contributed by atoms with E-state index >= 15 is 0 Å². The molecule has 7 heteroatoms. The molecule has 0 spiro atoms. The van der Waals surface area contributed by atoms with Gasteiger partial charge in [0.1, 0.15) is 11.9 Å². The second-order valence-electron chi connectivity index (χ2n) is 9.61. The van der Waals surface area contributed by atoms with Gasteiger partial charge in [0.25, 0.3) is 5.56 Å². The van der Waals surface area contributed by atoms with Crippen molar-refractivity contribution in [3.63, 3.8) is 0 Å². The first-order chi connectivity index (χ1) is 15.4. The average molecular weight is 483 g/mol. The lowest BCUT2D eigenvalue weighted by molar-refractivity contribution is 0.246. The average Bonchev–Trinajstić information content (AvgIpc) is 2.74. The van der Waals surface area contributed by atoms with Crippen molar-refractivity contribution in [1.29, 1.82) is 5.26 Å². The van der Waals surface area contributed by atoms with Crippen LogP contribution in [0.1, 0.15) is 37.9 Å². The molecule has 172 valence electrons. The van der Waals surface area contributed by atoms with Gasteiger partial charge < -0.3 is 8.99 Å². The Bertz CT molecular complexity index is 1260. The van der Waals surface area contributed by atoms with E-state index in [0.29, 0.717) is 22.8 Å². The Balaban J connectivity index is 2.02. The van der Waals surface area contributed by atoms with Crippen LogP contribution in [0, 0.1) is 17.1 Å². The summed E-state index contributed by atoms with van der Waals surface area (Å²) >= 11 is 6.25. The number of pyridine rings is 1. The van der Waals surface area contributed by atoms with E-state index in [0.717, 1.165) is 5.56 Å². The van der Waals surface area contributed by atoms with Gasteiger partial charge in [-0.2, -0.15) is 5.26 Å². The molecule has 0 N–H and O–H groups in total. The topological polar surface area (TPSA) is 55.0 Å². The van der Waals surface area contributed by atoms with Crippen LogP contribution in [0.2, 0.25) is 23.2 Å². The summed E-state index contributed by atoms with van der Waals surface area (Å²) in [7, 11) is -2.06. The fourth-order valence-electron chi connectivity index (χ4n) is 3.27. The minimum Gasteiger partial charge on any atom is -0.414 e. The summed E-state index contributed by atoms with van der Waals surface area (Å²) in [6.45, 7) is 11.2. The van der Waals surface area contributed by atoms with Crippen molar-refractivity contribution in [2.24, 2.45) is 0 Å². The highest BCUT2D eigenvalue weighted by molar-refractivity contribution is 6.74. The molecular weight excluding hydrogens is 455 g/mol. The first-order valence-electron chi connectivity index (χ1n) is 10.7. The lowest BCUT2D eigenvalue weighted by Crippen LogP contribution is -2.43. The Morgan fingerprint density at radius 2 is 1.82 bits per heavy atom. The number of halogens is 2. The zero-order chi connectivity index (χ0) is 24.4. The normalized spacial score (nSPS) is 12.9. The van der Waals surface area contributed by atoms with Crippen LogP contribution in [-0.2, 0) is 4.43 Å². The smallest absolute Gasteiger partial charge is 0.251 e. The maximum atomic E-state index is 13.7. The molecule has 0 fully saturated rings. The van der Waals surface area contributed by atoms with Crippen molar-refractivity contribution in [3.8, 4) is 17.2 Å². The molecule has 0 aliphatic heterocycles. The SMILES string of the molecule is CC(C)(C)[Si](C)(C)OCC(c1cccc(Cl)c1)n1ccc(-c2ccc(F)c(C#N)c2)cc1=O. The van der Waals surface area contributed by atoms with Crippen LogP contribution in [-0.4, -0.2) is 19.5 Å². The zero-order valence-corrected chi connectivity index (χ0v) is 21.3. The molecule has 0 saturated heterocycles. The van der Waals surface area contributed by atoms with E-state index in [9.17, 15) is 9.18 Å². The molecule has 0 bridgehead atoms. The lowest BCUT2D eigenvalue weighted by Gasteiger charge is -2.37. The van der Waals surface area contributed by atoms with Gasteiger partial charge in [0.2, 0.25) is 0 Å². The predicted molar refractivity (Wildman–Crippen MR) is 134 cm³/mol. The second kappa shape index (κ2) is 9.64. The van der Waals surface area contributed by atoms with Gasteiger partial charge in [0, 0.05) is 17.3 Å². The standard InChI is InChI=1S/C26H28ClFN2O2Si/c1-26(2,3)33(4,5)32-17-24(20-7-6-8-22(27)14-20)30-12-11-19(15-25(30)31)18-9-10-23(28)21(13-18)16-29/h6-15,24H,17H2,1-5H3. The van der Waals surface area contributed by atoms with Crippen molar-refractivity contribution in [2.75, 3.05) is 6.61 Å². The highest BCUT2D eigenvalue weighted by Gasteiger charge is 2.38. The molecule has 1 aromatic heterocycles. The fourth-order valence-corrected chi connectivity index (χ4v) is 4.48. The van der Waals surface area contributed by atoms with Crippen molar-refractivity contribution in [3.05, 3.63) is 93.1 Å². The van der Waals surface area contributed by atoms with Gasteiger partial charge in [-0.1, -0.05) is 50.6 Å². The third-order valence-corrected chi connectivity index (χ3v) is 11.1. The lowest BCUT2D eigenvalue weighted by atomic mass is 10.0. The van der Waals surface area contributed by atoms with Gasteiger partial charge >= 0.3 is 0 Å². The van der Waals surface area contributed by atoms with Crippen LogP contribution in [0.5, 0.6) is 0 Å². The van der Waals surface area contributed by atoms with E-state index in [1.165, 1.54) is 18.2 Å². The minimum atomic E-state index is -2.06. The molecule has 33 heavy (non-hydrogen) atoms. The first-order valence-corrected chi connectivity index (χ1v) is 14.0. The maximum absolute atomic E-state index is 13.7. The summed E-state index contributed by atoms with van der Waals surface area (Å²) < 4.78 is 21.8. The molecule has 0 aliphatic rings. The summed E-state index contributed by atoms with van der Waals surface area (Å²) in [5, 5.41) is 9.73. The van der Waals surface area contributed by atoms with Gasteiger partial charge in [-0.15, -0.1) is 0 Å². The monoisotopic (exact) mass is 482 g/mol. The molecule has 3 rings (SSSR count). The molecule has 2 aromatic carbocycles. The summed E-state index contributed by atoms with van der Waals surface area (Å²) in [6, 6.07) is 16.5. The third kappa shape index (κ3) is 5.62. The highest BCUT2D eigenvalue weighted by Crippen LogP contribution is 2.37. The van der Waals surface area contributed by atoms with Crippen LogP contribution in [0.25, 0.3) is 11.1 Å². The van der Waals surface area contributed by atoms with E-state index < -0.39 is 14.1 Å². The largest absolute Gasteiger partial charge is 0.414 e. The van der Waals surface area contributed by atoms with Gasteiger partial charge in [-0.25, -0.2) is 4.39 Å². The van der Waals surface area contributed by atoms with Crippen LogP contribution in [0.4, 0.5) is 4.39 Å². The summed E-state index contributed by atoms with van der Waals surface area (Å²) in [5.74, 6) is -0.585. The van der Waals surface area contributed by atoms with E-state index in [1.54, 1.807) is 29.0 Å². The Morgan fingerprint density at radius 1 is 1.12 bits per heavy atom. The van der Waals surface area contributed by atoms with Gasteiger partial charge in [-0.3, -0.25) is 4.79 Å². The Labute approximate surface area is 200 Å². The van der Waals surface area contributed by atoms with Crippen LogP contribution >= 0.6 is 11.6 Å². The Hall–Kier alpha value is -2.72. The summed E-state index contributed by atoms with van der Waals surface area (Å²) in [6.07, 6.45) is 1.72. The van der Waals surface area contributed by atoms with Crippen LogP contribution in [0.3, 0.4) is 0 Å². The number of benzene rings is 2. The molecule has 1 unspecified atom stereocenters. The van der Waals surface area contributed by atoms with Crippen LogP contribution in [0.15, 0.2) is 65.6 Å². The summed E-state index contributed by atoms with van der Waals surface area (Å²) in [4.78, 5) is 13.2. The Morgan fingerprint density at radius 3 is 2.42 bits per heavy atom.